The summed E-state index contributed by atoms with van der Waals surface area (Å²) in [6, 6.07) is 7.20. The van der Waals surface area contributed by atoms with Crippen molar-refractivity contribution in [1.29, 1.82) is 0 Å². The maximum absolute atomic E-state index is 11.8. The average molecular weight is 310 g/mol. The molecule has 0 saturated heterocycles. The molecule has 0 aliphatic rings. The van der Waals surface area contributed by atoms with Crippen molar-refractivity contribution < 1.29 is 19.5 Å². The summed E-state index contributed by atoms with van der Waals surface area (Å²) in [6.45, 7) is 2.58. The van der Waals surface area contributed by atoms with Crippen molar-refractivity contribution in [2.45, 2.75) is 6.92 Å². The number of carboxylic acid groups (broad SMARTS) is 1. The van der Waals surface area contributed by atoms with E-state index in [1.807, 2.05) is 19.1 Å². The van der Waals surface area contributed by atoms with E-state index in [9.17, 15) is 14.4 Å². The number of nitrogens with one attached hydrogen (secondary N) is 2. The highest BCUT2D eigenvalue weighted by Gasteiger charge is 2.05. The van der Waals surface area contributed by atoms with Crippen molar-refractivity contribution in [3.05, 3.63) is 35.4 Å². The highest BCUT2D eigenvalue weighted by Crippen LogP contribution is 2.02. The van der Waals surface area contributed by atoms with Crippen molar-refractivity contribution in [1.82, 2.24) is 10.6 Å². The third-order valence-electron chi connectivity index (χ3n) is 2.51. The van der Waals surface area contributed by atoms with Crippen LogP contribution in [0.2, 0.25) is 0 Å². The number of aliphatic carboxylic acids is 1. The van der Waals surface area contributed by atoms with Gasteiger partial charge in [0, 0.05) is 18.7 Å². The first-order chi connectivity index (χ1) is 9.99. The summed E-state index contributed by atoms with van der Waals surface area (Å²) < 4.78 is 0. The first-order valence-electron chi connectivity index (χ1n) is 6.40. The van der Waals surface area contributed by atoms with Gasteiger partial charge in [0.05, 0.1) is 11.5 Å². The summed E-state index contributed by atoms with van der Waals surface area (Å²) in [4.78, 5) is 33.4. The fourth-order valence-corrected chi connectivity index (χ4v) is 2.03. The number of benzene rings is 1. The van der Waals surface area contributed by atoms with E-state index in [2.05, 4.69) is 10.6 Å². The number of amides is 2. The Kier molecular flexibility index (Phi) is 7.31. The topological polar surface area (TPSA) is 95.5 Å². The Bertz CT molecular complexity index is 502. The minimum atomic E-state index is -0.946. The predicted molar refractivity (Wildman–Crippen MR) is 81.5 cm³/mol. The zero-order chi connectivity index (χ0) is 15.7. The first kappa shape index (κ1) is 17.0. The maximum atomic E-state index is 11.8. The van der Waals surface area contributed by atoms with Gasteiger partial charge in [-0.2, -0.15) is 0 Å². The van der Waals surface area contributed by atoms with E-state index >= 15 is 0 Å². The zero-order valence-corrected chi connectivity index (χ0v) is 12.5. The molecule has 0 fully saturated rings. The van der Waals surface area contributed by atoms with Gasteiger partial charge >= 0.3 is 5.97 Å². The lowest BCUT2D eigenvalue weighted by molar-refractivity contribution is -0.133. The average Bonchev–Trinajstić information content (AvgIpc) is 2.43. The van der Waals surface area contributed by atoms with Gasteiger partial charge in [-0.25, -0.2) is 0 Å². The Morgan fingerprint density at radius 3 is 2.29 bits per heavy atom. The molecule has 2 amide bonds. The van der Waals surface area contributed by atoms with Gasteiger partial charge in [-0.15, -0.1) is 11.8 Å². The smallest absolute Gasteiger partial charge is 0.313 e. The second kappa shape index (κ2) is 9.02. The minimum absolute atomic E-state index is 0.0954. The van der Waals surface area contributed by atoms with Gasteiger partial charge in [-0.05, 0) is 19.1 Å². The highest BCUT2D eigenvalue weighted by molar-refractivity contribution is 8.00. The molecular weight excluding hydrogens is 292 g/mol. The SMILES string of the molecule is Cc1ccc(C(=O)NCCNC(=O)CSCC(=O)O)cc1. The van der Waals surface area contributed by atoms with Crippen molar-refractivity contribution in [2.24, 2.45) is 0 Å². The molecule has 0 aliphatic carbocycles. The van der Waals surface area contributed by atoms with Gasteiger partial charge in [0.25, 0.3) is 5.91 Å². The highest BCUT2D eigenvalue weighted by atomic mass is 32.2. The number of carboxylic acids is 1. The Labute approximate surface area is 127 Å². The van der Waals surface area contributed by atoms with Crippen molar-refractivity contribution in [3.8, 4) is 0 Å². The number of carbonyl (C=O) groups excluding carboxylic acids is 2. The molecular formula is C14H18N2O4S. The fourth-order valence-electron chi connectivity index (χ4n) is 1.47. The molecule has 21 heavy (non-hydrogen) atoms. The van der Waals surface area contributed by atoms with E-state index in [-0.39, 0.29) is 23.3 Å². The van der Waals surface area contributed by atoms with Crippen LogP contribution in [0, 0.1) is 6.92 Å². The van der Waals surface area contributed by atoms with Crippen LogP contribution in [0.4, 0.5) is 0 Å². The third-order valence-corrected chi connectivity index (χ3v) is 3.42. The van der Waals surface area contributed by atoms with Crippen molar-refractivity contribution >= 4 is 29.5 Å². The van der Waals surface area contributed by atoms with E-state index in [0.29, 0.717) is 18.7 Å². The fraction of sp³-hybridized carbons (Fsp3) is 0.357. The lowest BCUT2D eigenvalue weighted by atomic mass is 10.1. The molecule has 0 saturated carbocycles. The van der Waals surface area contributed by atoms with E-state index in [1.165, 1.54) is 0 Å². The molecule has 1 rings (SSSR count). The van der Waals surface area contributed by atoms with Gasteiger partial charge in [-0.3, -0.25) is 14.4 Å². The number of hydrogen-bond donors (Lipinski definition) is 3. The molecule has 114 valence electrons. The summed E-state index contributed by atoms with van der Waals surface area (Å²) in [7, 11) is 0. The van der Waals surface area contributed by atoms with Crippen LogP contribution in [0.3, 0.4) is 0 Å². The minimum Gasteiger partial charge on any atom is -0.481 e. The number of hydrogen-bond acceptors (Lipinski definition) is 4. The molecule has 0 unspecified atom stereocenters. The van der Waals surface area contributed by atoms with Crippen LogP contribution in [0.15, 0.2) is 24.3 Å². The molecule has 0 radical (unpaired) electrons. The van der Waals surface area contributed by atoms with E-state index in [4.69, 9.17) is 5.11 Å². The monoisotopic (exact) mass is 310 g/mol. The van der Waals surface area contributed by atoms with Crippen LogP contribution in [0.5, 0.6) is 0 Å². The lowest BCUT2D eigenvalue weighted by Crippen LogP contribution is -2.35. The molecule has 0 spiro atoms. The molecule has 0 heterocycles. The number of carbonyl (C=O) groups is 3. The number of thioether (sulfide) groups is 1. The summed E-state index contributed by atoms with van der Waals surface area (Å²) in [5, 5.41) is 13.7. The largest absolute Gasteiger partial charge is 0.481 e. The van der Waals surface area contributed by atoms with Crippen LogP contribution in [-0.2, 0) is 9.59 Å². The Balaban J connectivity index is 2.16. The Hall–Kier alpha value is -2.02. The second-order valence-electron chi connectivity index (χ2n) is 4.36. The maximum Gasteiger partial charge on any atom is 0.313 e. The van der Waals surface area contributed by atoms with Crippen LogP contribution in [0.1, 0.15) is 15.9 Å². The Morgan fingerprint density at radius 1 is 1.05 bits per heavy atom. The predicted octanol–water partition coefficient (Wildman–Crippen LogP) is 0.659. The molecule has 0 atom stereocenters. The van der Waals surface area contributed by atoms with Crippen LogP contribution >= 0.6 is 11.8 Å². The van der Waals surface area contributed by atoms with E-state index in [1.54, 1.807) is 12.1 Å². The molecule has 0 aromatic heterocycles. The Morgan fingerprint density at radius 2 is 1.67 bits per heavy atom. The van der Waals surface area contributed by atoms with Gasteiger partial charge in [-0.1, -0.05) is 17.7 Å². The lowest BCUT2D eigenvalue weighted by Gasteiger charge is -2.07. The van der Waals surface area contributed by atoms with Gasteiger partial charge in [0.2, 0.25) is 5.91 Å². The van der Waals surface area contributed by atoms with Crippen molar-refractivity contribution in [2.75, 3.05) is 24.6 Å². The summed E-state index contributed by atoms with van der Waals surface area (Å²) in [5.74, 6) is -1.39. The standard InChI is InChI=1S/C14H18N2O4S/c1-10-2-4-11(5-3-10)14(20)16-7-6-15-12(17)8-21-9-13(18)19/h2-5H,6-9H2,1H3,(H,15,17)(H,16,20)(H,18,19). The van der Waals surface area contributed by atoms with E-state index < -0.39 is 5.97 Å². The summed E-state index contributed by atoms with van der Waals surface area (Å²) in [6.07, 6.45) is 0. The number of rotatable bonds is 8. The molecule has 7 heteroatoms. The first-order valence-corrected chi connectivity index (χ1v) is 7.55. The van der Waals surface area contributed by atoms with Gasteiger partial charge in [0.15, 0.2) is 0 Å². The summed E-state index contributed by atoms with van der Waals surface area (Å²) in [5.41, 5.74) is 1.65. The molecule has 6 nitrogen and oxygen atoms in total. The normalized spacial score (nSPS) is 9.95. The summed E-state index contributed by atoms with van der Waals surface area (Å²) >= 11 is 1.03. The molecule has 1 aromatic rings. The second-order valence-corrected chi connectivity index (χ2v) is 5.34. The number of aryl methyl sites for hydroxylation is 1. The van der Waals surface area contributed by atoms with E-state index in [0.717, 1.165) is 17.3 Å². The third kappa shape index (κ3) is 7.36. The molecule has 1 aromatic carbocycles. The van der Waals surface area contributed by atoms with Crippen LogP contribution < -0.4 is 10.6 Å². The zero-order valence-electron chi connectivity index (χ0n) is 11.7. The van der Waals surface area contributed by atoms with Crippen LogP contribution in [0.25, 0.3) is 0 Å². The van der Waals surface area contributed by atoms with Crippen LogP contribution in [-0.4, -0.2) is 47.5 Å². The van der Waals surface area contributed by atoms with Gasteiger partial charge < -0.3 is 15.7 Å². The molecule has 0 aliphatic heterocycles. The quantitative estimate of drug-likeness (QED) is 0.613. The van der Waals surface area contributed by atoms with Gasteiger partial charge in [0.1, 0.15) is 0 Å². The van der Waals surface area contributed by atoms with Crippen molar-refractivity contribution in [3.63, 3.8) is 0 Å². The molecule has 0 bridgehead atoms. The molecule has 3 N–H and O–H groups in total.